The minimum absolute atomic E-state index is 0.00652. The van der Waals surface area contributed by atoms with Gasteiger partial charge in [0.1, 0.15) is 0 Å². The smallest absolute Gasteiger partial charge is 0.308 e. The molecule has 0 heterocycles. The van der Waals surface area contributed by atoms with Gasteiger partial charge in [0.2, 0.25) is 0 Å². The van der Waals surface area contributed by atoms with E-state index in [1.807, 2.05) is 0 Å². The molecule has 18 heavy (non-hydrogen) atoms. The molecule has 1 rings (SSSR count). The van der Waals surface area contributed by atoms with E-state index in [1.54, 1.807) is 25.1 Å². The van der Waals surface area contributed by atoms with E-state index in [4.69, 9.17) is 22.1 Å². The second-order valence-corrected chi connectivity index (χ2v) is 5.13. The molecule has 0 aliphatic rings. The first-order chi connectivity index (χ1) is 8.52. The number of nitrogen functional groups attached to an aromatic ring is 1. The monoisotopic (exact) mass is 289 g/mol. The van der Waals surface area contributed by atoms with Crippen molar-refractivity contribution in [3.8, 4) is 0 Å². The zero-order chi connectivity index (χ0) is 13.5. The molecule has 3 N–H and O–H groups in total. The van der Waals surface area contributed by atoms with E-state index < -0.39 is 12.1 Å². The molecule has 1 unspecified atom stereocenters. The third-order valence-electron chi connectivity index (χ3n) is 2.09. The van der Waals surface area contributed by atoms with Crippen LogP contribution in [-0.4, -0.2) is 29.5 Å². The number of aliphatic hydroxyl groups is 1. The summed E-state index contributed by atoms with van der Waals surface area (Å²) in [4.78, 5) is 12.0. The molecule has 0 radical (unpaired) electrons. The van der Waals surface area contributed by atoms with Gasteiger partial charge in [-0.2, -0.15) is 0 Å². The molecule has 0 aliphatic carbocycles. The van der Waals surface area contributed by atoms with Gasteiger partial charge in [-0.1, -0.05) is 11.6 Å². The Morgan fingerprint density at radius 2 is 2.33 bits per heavy atom. The minimum atomic E-state index is -0.748. The highest BCUT2D eigenvalue weighted by atomic mass is 35.5. The quantitative estimate of drug-likeness (QED) is 0.478. The zero-order valence-electron chi connectivity index (χ0n) is 10.1. The summed E-state index contributed by atoms with van der Waals surface area (Å²) >= 11 is 7.37. The molecule has 0 aromatic heterocycles. The maximum atomic E-state index is 11.1. The summed E-state index contributed by atoms with van der Waals surface area (Å²) in [5.41, 5.74) is 6.17. The van der Waals surface area contributed by atoms with Crippen LogP contribution in [-0.2, 0) is 9.53 Å². The molecule has 0 saturated heterocycles. The lowest BCUT2D eigenvalue weighted by Gasteiger charge is -2.10. The van der Waals surface area contributed by atoms with Gasteiger partial charge in [0.15, 0.2) is 0 Å². The fourth-order valence-corrected chi connectivity index (χ4v) is 2.49. The predicted molar refractivity (Wildman–Crippen MR) is 73.8 cm³/mol. The number of nitrogens with two attached hydrogens (primary N) is 1. The van der Waals surface area contributed by atoms with Crippen LogP contribution < -0.4 is 5.73 Å². The maximum absolute atomic E-state index is 11.1. The SMILES string of the molecule is CCOC(=O)CC(O)CSc1ccc(N)cc1Cl. The predicted octanol–water partition coefficient (Wildman–Crippen LogP) is 2.33. The molecule has 1 aromatic rings. The number of halogens is 1. The van der Waals surface area contributed by atoms with E-state index in [0.717, 1.165) is 4.90 Å². The molecule has 1 atom stereocenters. The molecule has 0 fully saturated rings. The summed E-state index contributed by atoms with van der Waals surface area (Å²) in [6.07, 6.45) is -0.754. The van der Waals surface area contributed by atoms with Crippen LogP contribution in [0.3, 0.4) is 0 Å². The number of aliphatic hydroxyl groups excluding tert-OH is 1. The second kappa shape index (κ2) is 7.51. The molecule has 100 valence electrons. The fraction of sp³-hybridized carbons (Fsp3) is 0.417. The Bertz CT molecular complexity index is 414. The van der Waals surface area contributed by atoms with Crippen molar-refractivity contribution in [3.63, 3.8) is 0 Å². The number of rotatable bonds is 6. The van der Waals surface area contributed by atoms with Gasteiger partial charge in [-0.25, -0.2) is 0 Å². The Labute approximate surface area is 115 Å². The van der Waals surface area contributed by atoms with Gasteiger partial charge < -0.3 is 15.6 Å². The normalized spacial score (nSPS) is 12.2. The maximum Gasteiger partial charge on any atom is 0.308 e. The van der Waals surface area contributed by atoms with Gasteiger partial charge in [-0.3, -0.25) is 4.79 Å². The van der Waals surface area contributed by atoms with Crippen molar-refractivity contribution < 1.29 is 14.6 Å². The van der Waals surface area contributed by atoms with Crippen molar-refractivity contribution in [2.75, 3.05) is 18.1 Å². The van der Waals surface area contributed by atoms with Gasteiger partial charge in [0, 0.05) is 16.3 Å². The van der Waals surface area contributed by atoms with E-state index in [9.17, 15) is 9.90 Å². The Morgan fingerprint density at radius 1 is 1.61 bits per heavy atom. The van der Waals surface area contributed by atoms with Gasteiger partial charge in [0.25, 0.3) is 0 Å². The number of benzene rings is 1. The average molecular weight is 290 g/mol. The lowest BCUT2D eigenvalue weighted by atomic mass is 10.3. The third-order valence-corrected chi connectivity index (χ3v) is 3.74. The lowest BCUT2D eigenvalue weighted by Crippen LogP contribution is -2.17. The van der Waals surface area contributed by atoms with Crippen LogP contribution in [0.2, 0.25) is 5.02 Å². The number of carbonyl (C=O) groups is 1. The highest BCUT2D eigenvalue weighted by Gasteiger charge is 2.13. The summed E-state index contributed by atoms with van der Waals surface area (Å²) in [5.74, 6) is -0.0170. The Kier molecular flexibility index (Phi) is 6.32. The van der Waals surface area contributed by atoms with Crippen molar-refractivity contribution in [2.45, 2.75) is 24.3 Å². The van der Waals surface area contributed by atoms with Gasteiger partial charge in [0.05, 0.1) is 24.2 Å². The average Bonchev–Trinajstić information content (AvgIpc) is 2.28. The molecule has 4 nitrogen and oxygen atoms in total. The van der Waals surface area contributed by atoms with E-state index in [2.05, 4.69) is 0 Å². The zero-order valence-corrected chi connectivity index (χ0v) is 11.6. The van der Waals surface area contributed by atoms with Crippen LogP contribution >= 0.6 is 23.4 Å². The molecule has 1 aromatic carbocycles. The second-order valence-electron chi connectivity index (χ2n) is 3.66. The topological polar surface area (TPSA) is 72.5 Å². The number of esters is 1. The number of carbonyl (C=O) groups excluding carboxylic acids is 1. The number of anilines is 1. The van der Waals surface area contributed by atoms with Crippen LogP contribution in [0, 0.1) is 0 Å². The number of ether oxygens (including phenoxy) is 1. The van der Waals surface area contributed by atoms with Crippen molar-refractivity contribution >= 4 is 35.0 Å². The highest BCUT2D eigenvalue weighted by Crippen LogP contribution is 2.29. The largest absolute Gasteiger partial charge is 0.466 e. The van der Waals surface area contributed by atoms with E-state index >= 15 is 0 Å². The van der Waals surface area contributed by atoms with Crippen molar-refractivity contribution in [1.82, 2.24) is 0 Å². The first-order valence-electron chi connectivity index (χ1n) is 5.54. The summed E-state index contributed by atoms with van der Waals surface area (Å²) < 4.78 is 4.75. The lowest BCUT2D eigenvalue weighted by molar-refractivity contribution is -0.144. The van der Waals surface area contributed by atoms with Crippen LogP contribution in [0.4, 0.5) is 5.69 Å². The van der Waals surface area contributed by atoms with Crippen LogP contribution in [0.25, 0.3) is 0 Å². The van der Waals surface area contributed by atoms with Crippen molar-refractivity contribution in [3.05, 3.63) is 23.2 Å². The Morgan fingerprint density at radius 3 is 2.94 bits per heavy atom. The molecule has 0 saturated carbocycles. The molecule has 6 heteroatoms. The molecular formula is C12H16ClNO3S. The van der Waals surface area contributed by atoms with Gasteiger partial charge in [-0.05, 0) is 25.1 Å². The van der Waals surface area contributed by atoms with Gasteiger partial charge >= 0.3 is 5.97 Å². The van der Waals surface area contributed by atoms with E-state index in [1.165, 1.54) is 11.8 Å². The summed E-state index contributed by atoms with van der Waals surface area (Å²) in [5, 5.41) is 10.2. The Hall–Kier alpha value is -0.910. The number of thioether (sulfide) groups is 1. The molecule has 0 spiro atoms. The molecular weight excluding hydrogens is 274 g/mol. The van der Waals surface area contributed by atoms with Crippen molar-refractivity contribution in [2.24, 2.45) is 0 Å². The van der Waals surface area contributed by atoms with Crippen LogP contribution in [0.1, 0.15) is 13.3 Å². The third kappa shape index (κ3) is 5.16. The molecule has 0 aliphatic heterocycles. The summed E-state index contributed by atoms with van der Waals surface area (Å²) in [7, 11) is 0. The Balaban J connectivity index is 2.42. The summed E-state index contributed by atoms with van der Waals surface area (Å²) in [6, 6.07) is 5.19. The standard InChI is InChI=1S/C12H16ClNO3S/c1-2-17-12(16)6-9(15)7-18-11-4-3-8(14)5-10(11)13/h3-5,9,15H,2,6-7,14H2,1H3. The first kappa shape index (κ1) is 15.1. The summed E-state index contributed by atoms with van der Waals surface area (Å²) in [6.45, 7) is 2.05. The number of hydrogen-bond donors (Lipinski definition) is 2. The molecule has 0 amide bonds. The van der Waals surface area contributed by atoms with Gasteiger partial charge in [-0.15, -0.1) is 11.8 Å². The fourth-order valence-electron chi connectivity index (χ4n) is 1.29. The van der Waals surface area contributed by atoms with Crippen LogP contribution in [0.15, 0.2) is 23.1 Å². The van der Waals surface area contributed by atoms with E-state index in [0.29, 0.717) is 23.1 Å². The van der Waals surface area contributed by atoms with Crippen LogP contribution in [0.5, 0.6) is 0 Å². The minimum Gasteiger partial charge on any atom is -0.466 e. The number of hydrogen-bond acceptors (Lipinski definition) is 5. The highest BCUT2D eigenvalue weighted by molar-refractivity contribution is 7.99. The van der Waals surface area contributed by atoms with E-state index in [-0.39, 0.29) is 6.42 Å². The molecule has 0 bridgehead atoms. The first-order valence-corrected chi connectivity index (χ1v) is 6.90. The van der Waals surface area contributed by atoms with Crippen molar-refractivity contribution in [1.29, 1.82) is 0 Å².